The lowest BCUT2D eigenvalue weighted by Gasteiger charge is -2.45. The number of hydrogen-bond donors (Lipinski definition) is 3. The van der Waals surface area contributed by atoms with Gasteiger partial charge < -0.3 is 29.9 Å². The highest BCUT2D eigenvalue weighted by Gasteiger charge is 2.41. The van der Waals surface area contributed by atoms with Gasteiger partial charge in [0.2, 0.25) is 11.8 Å². The molecule has 2 heterocycles. The molecule has 1 aliphatic carbocycles. The van der Waals surface area contributed by atoms with Crippen molar-refractivity contribution >= 4 is 29.8 Å². The molecular weight excluding hydrogens is 530 g/mol. The van der Waals surface area contributed by atoms with Gasteiger partial charge in [0, 0.05) is 44.7 Å². The summed E-state index contributed by atoms with van der Waals surface area (Å²) in [6.07, 6.45) is 1.73. The lowest BCUT2D eigenvalue weighted by atomic mass is 9.67. The van der Waals surface area contributed by atoms with Crippen LogP contribution < -0.4 is 16.0 Å². The van der Waals surface area contributed by atoms with E-state index in [4.69, 9.17) is 9.47 Å². The van der Waals surface area contributed by atoms with Crippen molar-refractivity contribution in [3.05, 3.63) is 34.9 Å². The summed E-state index contributed by atoms with van der Waals surface area (Å²) in [4.78, 5) is 64.1. The van der Waals surface area contributed by atoms with E-state index in [-0.39, 0.29) is 41.8 Å². The Bertz CT molecular complexity index is 1200. The fourth-order valence-corrected chi connectivity index (χ4v) is 5.46. The van der Waals surface area contributed by atoms with Gasteiger partial charge >= 0.3 is 12.1 Å². The molecule has 6 amide bonds. The smallest absolute Gasteiger partial charge is 0.410 e. The molecule has 12 nitrogen and oxygen atoms in total. The predicted molar refractivity (Wildman–Crippen MR) is 149 cm³/mol. The highest BCUT2D eigenvalue weighted by molar-refractivity contribution is 6.05. The van der Waals surface area contributed by atoms with Gasteiger partial charge in [-0.05, 0) is 62.6 Å². The van der Waals surface area contributed by atoms with E-state index in [1.807, 2.05) is 26.8 Å². The molecule has 12 heteroatoms. The third-order valence-corrected chi connectivity index (χ3v) is 7.58. The standard InChI is InChI=1S/C29H41N5O7/c1-28(2,3)41-27(39)33(5)10-11-40-17-29(4)13-20(14-29)31-26(38)30-15-18-6-7-21-19(12-18)16-34(25(21)37)22-8-9-23(35)32-24(22)36/h6-7,12,20,22H,8-11,13-17H2,1-5H3,(H2,30,31,38)(H,32,35,36). The van der Waals surface area contributed by atoms with Gasteiger partial charge in [0.25, 0.3) is 5.91 Å². The van der Waals surface area contributed by atoms with Crippen molar-refractivity contribution in [2.75, 3.05) is 26.8 Å². The van der Waals surface area contributed by atoms with E-state index in [0.29, 0.717) is 44.8 Å². The number of amides is 6. The zero-order valence-electron chi connectivity index (χ0n) is 24.5. The normalized spacial score (nSPS) is 23.8. The number of piperidine rings is 1. The molecule has 2 fully saturated rings. The van der Waals surface area contributed by atoms with E-state index in [9.17, 15) is 24.0 Å². The second-order valence-corrected chi connectivity index (χ2v) is 12.6. The largest absolute Gasteiger partial charge is 0.444 e. The molecular formula is C29H41N5O7. The molecule has 3 aliphatic rings. The van der Waals surface area contributed by atoms with Gasteiger partial charge in [0.15, 0.2) is 0 Å². The summed E-state index contributed by atoms with van der Waals surface area (Å²) in [5.41, 5.74) is 1.61. The highest BCUT2D eigenvalue weighted by Crippen LogP contribution is 2.40. The molecule has 1 aromatic rings. The maximum atomic E-state index is 12.9. The number of ether oxygens (including phenoxy) is 2. The average Bonchev–Trinajstić information content (AvgIpc) is 3.18. The molecule has 1 aromatic carbocycles. The summed E-state index contributed by atoms with van der Waals surface area (Å²) in [6.45, 7) is 9.56. The van der Waals surface area contributed by atoms with E-state index in [1.165, 1.54) is 9.80 Å². The van der Waals surface area contributed by atoms with Crippen molar-refractivity contribution in [3.63, 3.8) is 0 Å². The number of carbonyl (C=O) groups excluding carboxylic acids is 5. The molecule has 0 bridgehead atoms. The lowest BCUT2D eigenvalue weighted by molar-refractivity contribution is -0.136. The Morgan fingerprint density at radius 1 is 1.20 bits per heavy atom. The number of fused-ring (bicyclic) bond motifs is 1. The van der Waals surface area contributed by atoms with E-state index >= 15 is 0 Å². The molecule has 0 spiro atoms. The molecule has 4 rings (SSSR count). The average molecular weight is 572 g/mol. The first-order valence-electron chi connectivity index (χ1n) is 14.1. The monoisotopic (exact) mass is 571 g/mol. The number of rotatable bonds is 9. The van der Waals surface area contributed by atoms with Gasteiger partial charge in [-0.3, -0.25) is 19.7 Å². The van der Waals surface area contributed by atoms with Crippen LogP contribution in [0.1, 0.15) is 74.9 Å². The number of benzene rings is 1. The minimum atomic E-state index is -0.655. The van der Waals surface area contributed by atoms with E-state index in [0.717, 1.165) is 24.0 Å². The summed E-state index contributed by atoms with van der Waals surface area (Å²) < 4.78 is 11.1. The van der Waals surface area contributed by atoms with Crippen LogP contribution in [0.2, 0.25) is 0 Å². The first-order valence-corrected chi connectivity index (χ1v) is 14.1. The summed E-state index contributed by atoms with van der Waals surface area (Å²) >= 11 is 0. The number of likely N-dealkylation sites (N-methyl/N-ethyl adjacent to an activating group) is 1. The van der Waals surface area contributed by atoms with E-state index in [2.05, 4.69) is 22.9 Å². The Morgan fingerprint density at radius 2 is 1.93 bits per heavy atom. The summed E-state index contributed by atoms with van der Waals surface area (Å²) in [7, 11) is 1.68. The number of carbonyl (C=O) groups is 5. The number of imide groups is 1. The summed E-state index contributed by atoms with van der Waals surface area (Å²) in [5.74, 6) is -0.980. The third kappa shape index (κ3) is 7.75. The first-order chi connectivity index (χ1) is 19.2. The minimum Gasteiger partial charge on any atom is -0.444 e. The van der Waals surface area contributed by atoms with Crippen LogP contribution in [-0.4, -0.2) is 84.1 Å². The molecule has 1 saturated heterocycles. The van der Waals surface area contributed by atoms with Gasteiger partial charge in [-0.1, -0.05) is 19.1 Å². The van der Waals surface area contributed by atoms with Crippen LogP contribution in [0.25, 0.3) is 0 Å². The van der Waals surface area contributed by atoms with Gasteiger partial charge in [-0.2, -0.15) is 0 Å². The van der Waals surface area contributed by atoms with Crippen LogP contribution in [0.15, 0.2) is 18.2 Å². The molecule has 224 valence electrons. The summed E-state index contributed by atoms with van der Waals surface area (Å²) in [6, 6.07) is 4.52. The highest BCUT2D eigenvalue weighted by atomic mass is 16.6. The van der Waals surface area contributed by atoms with Gasteiger partial charge in [-0.15, -0.1) is 0 Å². The maximum Gasteiger partial charge on any atom is 0.410 e. The Labute approximate surface area is 240 Å². The van der Waals surface area contributed by atoms with Gasteiger partial charge in [0.1, 0.15) is 11.6 Å². The Hall–Kier alpha value is -3.67. The van der Waals surface area contributed by atoms with Crippen molar-refractivity contribution in [2.45, 2.75) is 84.2 Å². The van der Waals surface area contributed by atoms with Gasteiger partial charge in [-0.25, -0.2) is 9.59 Å². The van der Waals surface area contributed by atoms with Crippen molar-refractivity contribution in [3.8, 4) is 0 Å². The number of urea groups is 1. The molecule has 1 saturated carbocycles. The van der Waals surface area contributed by atoms with E-state index in [1.54, 1.807) is 19.2 Å². The van der Waals surface area contributed by atoms with Crippen molar-refractivity contribution in [1.82, 2.24) is 25.8 Å². The van der Waals surface area contributed by atoms with Crippen molar-refractivity contribution in [2.24, 2.45) is 5.41 Å². The Kier molecular flexibility index (Phi) is 8.91. The van der Waals surface area contributed by atoms with Crippen LogP contribution in [0.4, 0.5) is 9.59 Å². The first kappa shape index (κ1) is 30.3. The number of nitrogens with zero attached hydrogens (tertiary/aromatic N) is 2. The number of hydrogen-bond acceptors (Lipinski definition) is 7. The van der Waals surface area contributed by atoms with E-state index < -0.39 is 17.6 Å². The maximum absolute atomic E-state index is 12.9. The molecule has 0 radical (unpaired) electrons. The predicted octanol–water partition coefficient (Wildman–Crippen LogP) is 2.30. The fraction of sp³-hybridized carbons (Fsp3) is 0.621. The minimum absolute atomic E-state index is 0.0383. The molecule has 41 heavy (non-hydrogen) atoms. The summed E-state index contributed by atoms with van der Waals surface area (Å²) in [5, 5.41) is 8.17. The molecule has 0 aromatic heterocycles. The SMILES string of the molecule is CN(CCOCC1(C)CC(NC(=O)NCc2ccc3c(c2)CN(C2CCC(=O)NC2=O)C3=O)C1)C(=O)OC(C)(C)C. The van der Waals surface area contributed by atoms with Crippen LogP contribution in [0.5, 0.6) is 0 Å². The topological polar surface area (TPSA) is 146 Å². The molecule has 1 unspecified atom stereocenters. The zero-order valence-corrected chi connectivity index (χ0v) is 24.5. The van der Waals surface area contributed by atoms with Crippen molar-refractivity contribution in [1.29, 1.82) is 0 Å². The quantitative estimate of drug-likeness (QED) is 0.304. The molecule has 1 atom stereocenters. The Morgan fingerprint density at radius 3 is 2.61 bits per heavy atom. The second-order valence-electron chi connectivity index (χ2n) is 12.6. The third-order valence-electron chi connectivity index (χ3n) is 7.58. The van der Waals surface area contributed by atoms with Crippen LogP contribution in [0, 0.1) is 5.41 Å². The van der Waals surface area contributed by atoms with Crippen LogP contribution in [-0.2, 0) is 32.2 Å². The fourth-order valence-electron chi connectivity index (χ4n) is 5.46. The molecule has 3 N–H and O–H groups in total. The van der Waals surface area contributed by atoms with Crippen LogP contribution in [0.3, 0.4) is 0 Å². The van der Waals surface area contributed by atoms with Gasteiger partial charge in [0.05, 0.1) is 13.2 Å². The van der Waals surface area contributed by atoms with Crippen LogP contribution >= 0.6 is 0 Å². The lowest BCUT2D eigenvalue weighted by Crippen LogP contribution is -2.53. The Balaban J connectivity index is 1.15. The zero-order chi connectivity index (χ0) is 29.9. The molecule has 2 aliphatic heterocycles. The number of nitrogens with one attached hydrogen (secondary N) is 3. The second kappa shape index (κ2) is 12.1. The van der Waals surface area contributed by atoms with Crippen molar-refractivity contribution < 1.29 is 33.4 Å².